The molecule has 0 amide bonds. The highest BCUT2D eigenvalue weighted by Crippen LogP contribution is 2.28. The first-order valence-corrected chi connectivity index (χ1v) is 7.81. The van der Waals surface area contributed by atoms with Gasteiger partial charge in [-0.05, 0) is 41.1 Å². The van der Waals surface area contributed by atoms with E-state index in [2.05, 4.69) is 15.9 Å². The van der Waals surface area contributed by atoms with Crippen molar-refractivity contribution in [3.05, 3.63) is 22.7 Å². The van der Waals surface area contributed by atoms with Crippen LogP contribution in [0.15, 0.2) is 27.6 Å². The summed E-state index contributed by atoms with van der Waals surface area (Å²) in [4.78, 5) is 0.241. The van der Waals surface area contributed by atoms with Crippen molar-refractivity contribution >= 4 is 31.6 Å². The normalized spacial score (nSPS) is 22.0. The molecule has 0 radical (unpaired) electrons. The number of hydrogen-bond acceptors (Lipinski definition) is 4. The van der Waals surface area contributed by atoms with E-state index >= 15 is 0 Å². The van der Waals surface area contributed by atoms with Gasteiger partial charge >= 0.3 is 0 Å². The molecule has 0 spiro atoms. The van der Waals surface area contributed by atoms with Crippen molar-refractivity contribution in [2.45, 2.75) is 17.9 Å². The summed E-state index contributed by atoms with van der Waals surface area (Å²) in [6.45, 7) is 3.06. The van der Waals surface area contributed by atoms with E-state index in [-0.39, 0.29) is 10.9 Å². The average Bonchev–Trinajstić information content (AvgIpc) is 2.28. The maximum Gasteiger partial charge on any atom is 0.244 e. The van der Waals surface area contributed by atoms with Crippen molar-refractivity contribution in [2.24, 2.45) is 0 Å². The molecule has 1 fully saturated rings. The lowest BCUT2D eigenvalue weighted by molar-refractivity contribution is 0.0392. The summed E-state index contributed by atoms with van der Waals surface area (Å²) >= 11 is 3.25. The number of anilines is 1. The fraction of sp³-hybridized carbons (Fsp3) is 0.455. The number of nitrogen functional groups attached to an aromatic ring is 1. The molecule has 0 bridgehead atoms. The van der Waals surface area contributed by atoms with Crippen LogP contribution >= 0.6 is 15.9 Å². The number of nitrogens with two attached hydrogens (primary N) is 1. The molecule has 1 aliphatic rings. The van der Waals surface area contributed by atoms with Crippen molar-refractivity contribution < 1.29 is 13.2 Å². The third-order valence-electron chi connectivity index (χ3n) is 2.85. The van der Waals surface area contributed by atoms with E-state index in [9.17, 15) is 8.42 Å². The van der Waals surface area contributed by atoms with Crippen LogP contribution < -0.4 is 5.73 Å². The fourth-order valence-corrected chi connectivity index (χ4v) is 4.58. The Bertz CT molecular complexity index is 547. The molecular formula is C11H15BrN2O3S. The van der Waals surface area contributed by atoms with Crippen LogP contribution in [0.2, 0.25) is 0 Å². The second kappa shape index (κ2) is 5.16. The van der Waals surface area contributed by atoms with Crippen LogP contribution in [-0.4, -0.2) is 38.5 Å². The first kappa shape index (κ1) is 13.8. The first-order valence-electron chi connectivity index (χ1n) is 5.57. The number of nitrogens with zero attached hydrogens (tertiary/aromatic N) is 1. The van der Waals surface area contributed by atoms with E-state index in [0.29, 0.717) is 29.9 Å². The topological polar surface area (TPSA) is 72.6 Å². The molecule has 1 saturated heterocycles. The van der Waals surface area contributed by atoms with Crippen LogP contribution in [-0.2, 0) is 14.8 Å². The van der Waals surface area contributed by atoms with E-state index in [0.717, 1.165) is 0 Å². The Morgan fingerprint density at radius 2 is 2.22 bits per heavy atom. The minimum atomic E-state index is -3.51. The van der Waals surface area contributed by atoms with Gasteiger partial charge in [-0.3, -0.25) is 0 Å². The highest BCUT2D eigenvalue weighted by Gasteiger charge is 2.32. The molecule has 7 heteroatoms. The Hall–Kier alpha value is -0.630. The molecular weight excluding hydrogens is 320 g/mol. The largest absolute Gasteiger partial charge is 0.399 e. The summed E-state index contributed by atoms with van der Waals surface area (Å²) in [6, 6.07) is 4.55. The van der Waals surface area contributed by atoms with Crippen LogP contribution in [0.25, 0.3) is 0 Å². The van der Waals surface area contributed by atoms with Gasteiger partial charge in [0.1, 0.15) is 0 Å². The maximum absolute atomic E-state index is 12.5. The highest BCUT2D eigenvalue weighted by atomic mass is 79.9. The van der Waals surface area contributed by atoms with E-state index in [1.807, 2.05) is 6.92 Å². The number of sulfonamides is 1. The lowest BCUT2D eigenvalue weighted by Crippen LogP contribution is -2.47. The Balaban J connectivity index is 2.41. The number of morpholine rings is 1. The summed E-state index contributed by atoms with van der Waals surface area (Å²) in [5.74, 6) is 0. The van der Waals surface area contributed by atoms with Crippen LogP contribution in [0.4, 0.5) is 5.69 Å². The molecule has 1 aromatic carbocycles. The highest BCUT2D eigenvalue weighted by molar-refractivity contribution is 9.10. The summed E-state index contributed by atoms with van der Waals surface area (Å²) in [5.41, 5.74) is 6.14. The maximum atomic E-state index is 12.5. The zero-order chi connectivity index (χ0) is 13.3. The second-order valence-corrected chi connectivity index (χ2v) is 6.94. The van der Waals surface area contributed by atoms with Crippen molar-refractivity contribution in [1.29, 1.82) is 0 Å². The van der Waals surface area contributed by atoms with Crippen LogP contribution in [0.1, 0.15) is 6.92 Å². The Labute approximate surface area is 115 Å². The van der Waals surface area contributed by atoms with Crippen molar-refractivity contribution in [3.8, 4) is 0 Å². The summed E-state index contributed by atoms with van der Waals surface area (Å²) in [7, 11) is -3.51. The van der Waals surface area contributed by atoms with E-state index < -0.39 is 10.0 Å². The monoisotopic (exact) mass is 334 g/mol. The molecule has 0 saturated carbocycles. The van der Waals surface area contributed by atoms with Crippen molar-refractivity contribution in [3.63, 3.8) is 0 Å². The quantitative estimate of drug-likeness (QED) is 0.830. The third kappa shape index (κ3) is 2.54. The standard InChI is InChI=1S/C11H15BrN2O3S/c1-8-7-17-5-4-14(8)18(15,16)11-3-2-9(13)6-10(11)12/h2-3,6,8H,4-5,7,13H2,1H3. The Morgan fingerprint density at radius 3 is 2.83 bits per heavy atom. The number of hydrogen-bond donors (Lipinski definition) is 1. The van der Waals surface area contributed by atoms with Gasteiger partial charge < -0.3 is 10.5 Å². The zero-order valence-corrected chi connectivity index (χ0v) is 12.4. The molecule has 1 atom stereocenters. The minimum Gasteiger partial charge on any atom is -0.399 e. The lowest BCUT2D eigenvalue weighted by Gasteiger charge is -2.32. The first-order chi connectivity index (χ1) is 8.43. The van der Waals surface area contributed by atoms with E-state index in [4.69, 9.17) is 10.5 Å². The van der Waals surface area contributed by atoms with Gasteiger partial charge in [-0.15, -0.1) is 0 Å². The molecule has 18 heavy (non-hydrogen) atoms. The molecule has 0 aromatic heterocycles. The molecule has 2 rings (SSSR count). The summed E-state index contributed by atoms with van der Waals surface area (Å²) in [5, 5.41) is 0. The minimum absolute atomic E-state index is 0.159. The molecule has 1 aliphatic heterocycles. The number of ether oxygens (including phenoxy) is 1. The van der Waals surface area contributed by atoms with Gasteiger partial charge in [0.15, 0.2) is 0 Å². The number of rotatable bonds is 2. The SMILES string of the molecule is CC1COCCN1S(=O)(=O)c1ccc(N)cc1Br. The molecule has 1 unspecified atom stereocenters. The van der Waals surface area contributed by atoms with Gasteiger partial charge in [-0.2, -0.15) is 4.31 Å². The van der Waals surface area contributed by atoms with E-state index in [1.54, 1.807) is 12.1 Å². The molecule has 5 nitrogen and oxygen atoms in total. The molecule has 100 valence electrons. The van der Waals surface area contributed by atoms with Crippen LogP contribution in [0.3, 0.4) is 0 Å². The van der Waals surface area contributed by atoms with Crippen LogP contribution in [0, 0.1) is 0 Å². The third-order valence-corrected chi connectivity index (χ3v) is 5.84. The van der Waals surface area contributed by atoms with Crippen LogP contribution in [0.5, 0.6) is 0 Å². The van der Waals surface area contributed by atoms with Gasteiger partial charge in [-0.25, -0.2) is 8.42 Å². The smallest absolute Gasteiger partial charge is 0.244 e. The van der Waals surface area contributed by atoms with Gasteiger partial charge in [0.2, 0.25) is 10.0 Å². The Kier molecular flexibility index (Phi) is 3.96. The zero-order valence-electron chi connectivity index (χ0n) is 9.97. The predicted molar refractivity (Wildman–Crippen MR) is 72.7 cm³/mol. The molecule has 0 aliphatic carbocycles. The summed E-state index contributed by atoms with van der Waals surface area (Å²) < 4.78 is 32.3. The fourth-order valence-electron chi connectivity index (χ4n) is 1.92. The van der Waals surface area contributed by atoms with Gasteiger partial charge in [0.25, 0.3) is 0 Å². The van der Waals surface area contributed by atoms with Crippen molar-refractivity contribution in [1.82, 2.24) is 4.31 Å². The Morgan fingerprint density at radius 1 is 1.50 bits per heavy atom. The predicted octanol–water partition coefficient (Wildman–Crippen LogP) is 1.44. The summed E-state index contributed by atoms with van der Waals surface area (Å²) in [6.07, 6.45) is 0. The second-order valence-electron chi connectivity index (χ2n) is 4.23. The lowest BCUT2D eigenvalue weighted by atomic mass is 10.3. The van der Waals surface area contributed by atoms with E-state index in [1.165, 1.54) is 10.4 Å². The van der Waals surface area contributed by atoms with Crippen molar-refractivity contribution in [2.75, 3.05) is 25.5 Å². The number of benzene rings is 1. The van der Waals surface area contributed by atoms with Gasteiger partial charge in [0, 0.05) is 22.7 Å². The average molecular weight is 335 g/mol. The molecule has 2 N–H and O–H groups in total. The molecule has 1 aromatic rings. The number of halogens is 1. The molecule has 1 heterocycles. The van der Waals surface area contributed by atoms with Gasteiger partial charge in [0.05, 0.1) is 18.1 Å². The van der Waals surface area contributed by atoms with Gasteiger partial charge in [-0.1, -0.05) is 0 Å².